The molecule has 2 aromatic rings. The molecule has 0 bridgehead atoms. The summed E-state index contributed by atoms with van der Waals surface area (Å²) >= 11 is 5.64. The molecule has 2 rings (SSSR count). The summed E-state index contributed by atoms with van der Waals surface area (Å²) < 4.78 is 53.3. The molecule has 0 fully saturated rings. The lowest BCUT2D eigenvalue weighted by molar-refractivity contribution is 0.569. The van der Waals surface area contributed by atoms with Crippen LogP contribution in [0.2, 0.25) is 5.02 Å². The van der Waals surface area contributed by atoms with Gasteiger partial charge >= 0.3 is 0 Å². The van der Waals surface area contributed by atoms with Gasteiger partial charge in [0.25, 0.3) is 10.0 Å². The molecule has 0 amide bonds. The Balaban J connectivity index is 2.42. The van der Waals surface area contributed by atoms with E-state index in [1.54, 1.807) is 0 Å². The number of hydrogen-bond donors (Lipinski definition) is 2. The van der Waals surface area contributed by atoms with Gasteiger partial charge < -0.3 is 5.73 Å². The zero-order valence-electron chi connectivity index (χ0n) is 10.6. The highest BCUT2D eigenvalue weighted by Gasteiger charge is 2.20. The molecule has 0 aliphatic rings. The first kappa shape index (κ1) is 15.7. The largest absolute Gasteiger partial charge is 0.326 e. The van der Waals surface area contributed by atoms with Crippen molar-refractivity contribution in [3.05, 3.63) is 58.6 Å². The normalized spacial score (nSPS) is 11.4. The Labute approximate surface area is 125 Å². The Morgan fingerprint density at radius 3 is 2.48 bits per heavy atom. The number of halogens is 3. The van der Waals surface area contributed by atoms with Crippen molar-refractivity contribution in [3.63, 3.8) is 0 Å². The van der Waals surface area contributed by atoms with Crippen LogP contribution in [0.15, 0.2) is 41.3 Å². The van der Waals surface area contributed by atoms with E-state index in [0.717, 1.165) is 24.3 Å². The van der Waals surface area contributed by atoms with Crippen LogP contribution in [0.3, 0.4) is 0 Å². The van der Waals surface area contributed by atoms with Crippen molar-refractivity contribution in [2.24, 2.45) is 5.73 Å². The second kappa shape index (κ2) is 5.97. The van der Waals surface area contributed by atoms with Crippen LogP contribution in [0.1, 0.15) is 5.56 Å². The maximum Gasteiger partial charge on any atom is 0.264 e. The molecule has 0 saturated heterocycles. The van der Waals surface area contributed by atoms with E-state index in [9.17, 15) is 17.2 Å². The first-order valence-electron chi connectivity index (χ1n) is 5.79. The number of nitrogens with one attached hydrogen (secondary N) is 1. The summed E-state index contributed by atoms with van der Waals surface area (Å²) in [7, 11) is -4.22. The van der Waals surface area contributed by atoms with Crippen molar-refractivity contribution in [2.75, 3.05) is 4.72 Å². The number of rotatable bonds is 4. The third-order valence-electron chi connectivity index (χ3n) is 2.64. The van der Waals surface area contributed by atoms with Gasteiger partial charge in [0.15, 0.2) is 0 Å². The SMILES string of the molecule is NCc1ccc(F)c(S(=O)(=O)Nc2cc(F)cc(Cl)c2)c1. The van der Waals surface area contributed by atoms with Crippen LogP contribution in [0.5, 0.6) is 0 Å². The van der Waals surface area contributed by atoms with Crippen LogP contribution in [0.4, 0.5) is 14.5 Å². The van der Waals surface area contributed by atoms with Crippen molar-refractivity contribution in [1.82, 2.24) is 0 Å². The Morgan fingerprint density at radius 2 is 1.86 bits per heavy atom. The predicted octanol–water partition coefficient (Wildman–Crippen LogP) is 2.88. The fourth-order valence-electron chi connectivity index (χ4n) is 1.70. The second-order valence-corrected chi connectivity index (χ2v) is 6.32. The monoisotopic (exact) mass is 332 g/mol. The van der Waals surface area contributed by atoms with E-state index >= 15 is 0 Å². The van der Waals surface area contributed by atoms with Gasteiger partial charge in [-0.25, -0.2) is 17.2 Å². The minimum Gasteiger partial charge on any atom is -0.326 e. The third kappa shape index (κ3) is 3.69. The molecule has 0 atom stereocenters. The Morgan fingerprint density at radius 1 is 1.14 bits per heavy atom. The molecule has 0 aliphatic heterocycles. The van der Waals surface area contributed by atoms with Gasteiger partial charge in [-0.05, 0) is 35.9 Å². The number of benzene rings is 2. The van der Waals surface area contributed by atoms with E-state index in [2.05, 4.69) is 4.72 Å². The van der Waals surface area contributed by atoms with E-state index in [1.165, 1.54) is 12.1 Å². The molecule has 0 spiro atoms. The average Bonchev–Trinajstić information content (AvgIpc) is 2.37. The summed E-state index contributed by atoms with van der Waals surface area (Å²) in [6.45, 7) is 0.0641. The average molecular weight is 333 g/mol. The molecule has 21 heavy (non-hydrogen) atoms. The molecule has 8 heteroatoms. The van der Waals surface area contributed by atoms with Gasteiger partial charge in [-0.3, -0.25) is 4.72 Å². The van der Waals surface area contributed by atoms with Crippen molar-refractivity contribution < 1.29 is 17.2 Å². The van der Waals surface area contributed by atoms with Crippen LogP contribution in [0.25, 0.3) is 0 Å². The molecular formula is C13H11ClF2N2O2S. The number of anilines is 1. The number of hydrogen-bond acceptors (Lipinski definition) is 3. The number of sulfonamides is 1. The summed E-state index contributed by atoms with van der Waals surface area (Å²) in [6, 6.07) is 6.69. The standard InChI is InChI=1S/C13H11ClF2N2O2S/c14-9-4-10(15)6-11(5-9)18-21(19,20)13-3-8(7-17)1-2-12(13)16/h1-6,18H,7,17H2. The first-order valence-corrected chi connectivity index (χ1v) is 7.65. The molecular weight excluding hydrogens is 322 g/mol. The van der Waals surface area contributed by atoms with Crippen molar-refractivity contribution in [3.8, 4) is 0 Å². The van der Waals surface area contributed by atoms with Crippen LogP contribution in [0, 0.1) is 11.6 Å². The topological polar surface area (TPSA) is 72.2 Å². The molecule has 0 unspecified atom stereocenters. The van der Waals surface area contributed by atoms with Crippen LogP contribution in [-0.2, 0) is 16.6 Å². The van der Waals surface area contributed by atoms with Gasteiger partial charge in [-0.15, -0.1) is 0 Å². The maximum atomic E-state index is 13.7. The molecule has 0 saturated carbocycles. The summed E-state index contributed by atoms with van der Waals surface area (Å²) in [6.07, 6.45) is 0. The summed E-state index contributed by atoms with van der Waals surface area (Å²) in [5.41, 5.74) is 5.75. The van der Waals surface area contributed by atoms with E-state index < -0.39 is 26.6 Å². The van der Waals surface area contributed by atoms with Crippen molar-refractivity contribution in [2.45, 2.75) is 11.4 Å². The molecule has 3 N–H and O–H groups in total. The lowest BCUT2D eigenvalue weighted by Crippen LogP contribution is -2.15. The highest BCUT2D eigenvalue weighted by atomic mass is 35.5. The maximum absolute atomic E-state index is 13.7. The van der Waals surface area contributed by atoms with Gasteiger partial charge in [0.2, 0.25) is 0 Å². The highest BCUT2D eigenvalue weighted by molar-refractivity contribution is 7.92. The summed E-state index contributed by atoms with van der Waals surface area (Å²) in [4.78, 5) is -0.564. The number of nitrogens with two attached hydrogens (primary N) is 1. The van der Waals surface area contributed by atoms with E-state index in [1.807, 2.05) is 0 Å². The zero-order valence-corrected chi connectivity index (χ0v) is 12.2. The quantitative estimate of drug-likeness (QED) is 0.904. The lowest BCUT2D eigenvalue weighted by atomic mass is 10.2. The van der Waals surface area contributed by atoms with E-state index in [-0.39, 0.29) is 17.3 Å². The van der Waals surface area contributed by atoms with Gasteiger partial charge in [-0.1, -0.05) is 17.7 Å². The van der Waals surface area contributed by atoms with Crippen molar-refractivity contribution in [1.29, 1.82) is 0 Å². The Kier molecular flexibility index (Phi) is 4.46. The fourth-order valence-corrected chi connectivity index (χ4v) is 3.09. The van der Waals surface area contributed by atoms with Crippen LogP contribution in [-0.4, -0.2) is 8.42 Å². The van der Waals surface area contributed by atoms with Crippen LogP contribution < -0.4 is 10.5 Å². The fraction of sp³-hybridized carbons (Fsp3) is 0.0769. The highest BCUT2D eigenvalue weighted by Crippen LogP contribution is 2.23. The van der Waals surface area contributed by atoms with E-state index in [0.29, 0.717) is 5.56 Å². The molecule has 0 aliphatic carbocycles. The smallest absolute Gasteiger partial charge is 0.264 e. The molecule has 0 heterocycles. The lowest BCUT2D eigenvalue weighted by Gasteiger charge is -2.10. The van der Waals surface area contributed by atoms with Crippen LogP contribution >= 0.6 is 11.6 Å². The third-order valence-corrected chi connectivity index (χ3v) is 4.25. The summed E-state index contributed by atoms with van der Waals surface area (Å²) in [5, 5.41) is 0.0175. The van der Waals surface area contributed by atoms with Gasteiger partial charge in [-0.2, -0.15) is 0 Å². The molecule has 112 valence electrons. The van der Waals surface area contributed by atoms with Gasteiger partial charge in [0.1, 0.15) is 16.5 Å². The molecule has 0 radical (unpaired) electrons. The van der Waals surface area contributed by atoms with Gasteiger partial charge in [0, 0.05) is 11.6 Å². The first-order chi connectivity index (χ1) is 9.81. The second-order valence-electron chi connectivity index (χ2n) is 4.23. The summed E-state index contributed by atoms with van der Waals surface area (Å²) in [5.74, 6) is -1.64. The molecule has 2 aromatic carbocycles. The van der Waals surface area contributed by atoms with Crippen molar-refractivity contribution >= 4 is 27.3 Å². The van der Waals surface area contributed by atoms with Gasteiger partial charge in [0.05, 0.1) is 5.69 Å². The molecule has 0 aromatic heterocycles. The predicted molar refractivity (Wildman–Crippen MR) is 76.5 cm³/mol. The van der Waals surface area contributed by atoms with E-state index in [4.69, 9.17) is 17.3 Å². The minimum atomic E-state index is -4.22. The minimum absolute atomic E-state index is 0.0175. The Bertz CT molecular complexity index is 761. The Hall–Kier alpha value is -1.70. The molecule has 4 nitrogen and oxygen atoms in total. The zero-order chi connectivity index (χ0) is 15.6.